The molecule has 0 atom stereocenters. The summed E-state index contributed by atoms with van der Waals surface area (Å²) in [7, 11) is 0. The zero-order chi connectivity index (χ0) is 16.4. The highest BCUT2D eigenvalue weighted by molar-refractivity contribution is 5.83. The summed E-state index contributed by atoms with van der Waals surface area (Å²) in [6.45, 7) is 1.59. The molecule has 2 aromatic heterocycles. The lowest BCUT2D eigenvalue weighted by Gasteiger charge is -2.04. The molecule has 0 saturated carbocycles. The molecule has 0 aliphatic rings. The lowest BCUT2D eigenvalue weighted by Crippen LogP contribution is -2.11. The molecular formula is C17H14FN3O2. The summed E-state index contributed by atoms with van der Waals surface area (Å²) in [5.41, 5.74) is 3.78. The van der Waals surface area contributed by atoms with Crippen molar-refractivity contribution < 1.29 is 14.3 Å². The number of carboxylic acid groups (broad SMARTS) is 1. The maximum atomic E-state index is 13.2. The maximum absolute atomic E-state index is 13.2. The predicted molar refractivity (Wildman–Crippen MR) is 83.2 cm³/mol. The summed E-state index contributed by atoms with van der Waals surface area (Å²) in [5.74, 6) is -1.30. The van der Waals surface area contributed by atoms with Gasteiger partial charge in [-0.3, -0.25) is 14.5 Å². The van der Waals surface area contributed by atoms with Crippen LogP contribution in [-0.2, 0) is 11.3 Å². The third kappa shape index (κ3) is 2.96. The minimum absolute atomic E-state index is 0.231. The number of aromatic nitrogens is 3. The van der Waals surface area contributed by atoms with Gasteiger partial charge >= 0.3 is 5.97 Å². The van der Waals surface area contributed by atoms with E-state index in [2.05, 4.69) is 10.1 Å². The minimum atomic E-state index is -0.970. The Kier molecular flexibility index (Phi) is 3.89. The predicted octanol–water partition coefficient (Wildman–Crippen LogP) is 3.14. The van der Waals surface area contributed by atoms with Crippen LogP contribution in [0.5, 0.6) is 0 Å². The van der Waals surface area contributed by atoms with Gasteiger partial charge in [0.25, 0.3) is 0 Å². The van der Waals surface area contributed by atoms with Gasteiger partial charge in [0, 0.05) is 29.2 Å². The second kappa shape index (κ2) is 6.00. The second-order valence-electron chi connectivity index (χ2n) is 5.10. The smallest absolute Gasteiger partial charge is 0.325 e. The van der Waals surface area contributed by atoms with Gasteiger partial charge in [0.1, 0.15) is 18.1 Å². The Morgan fingerprint density at radius 2 is 1.78 bits per heavy atom. The van der Waals surface area contributed by atoms with Crippen molar-refractivity contribution in [3.63, 3.8) is 0 Å². The van der Waals surface area contributed by atoms with Crippen LogP contribution in [0.3, 0.4) is 0 Å². The zero-order valence-electron chi connectivity index (χ0n) is 12.4. The average Bonchev–Trinajstić information content (AvgIpc) is 2.85. The first-order chi connectivity index (χ1) is 11.1. The summed E-state index contributed by atoms with van der Waals surface area (Å²) in [6.07, 6.45) is 3.33. The van der Waals surface area contributed by atoms with Crippen molar-refractivity contribution >= 4 is 5.97 Å². The minimum Gasteiger partial charge on any atom is -0.480 e. The summed E-state index contributed by atoms with van der Waals surface area (Å²) in [4.78, 5) is 15.0. The first-order valence-corrected chi connectivity index (χ1v) is 7.02. The number of hydrogen-bond acceptors (Lipinski definition) is 3. The molecule has 0 spiro atoms. The average molecular weight is 311 g/mol. The molecule has 5 nitrogen and oxygen atoms in total. The molecule has 0 aliphatic heterocycles. The van der Waals surface area contributed by atoms with Crippen LogP contribution in [0.25, 0.3) is 22.4 Å². The van der Waals surface area contributed by atoms with Gasteiger partial charge in [-0.25, -0.2) is 4.39 Å². The molecular weight excluding hydrogens is 297 g/mol. The second-order valence-corrected chi connectivity index (χ2v) is 5.10. The molecule has 0 fully saturated rings. The highest BCUT2D eigenvalue weighted by atomic mass is 19.1. The summed E-state index contributed by atoms with van der Waals surface area (Å²) >= 11 is 0. The summed E-state index contributed by atoms with van der Waals surface area (Å²) in [6, 6.07) is 9.65. The van der Waals surface area contributed by atoms with Gasteiger partial charge in [-0.2, -0.15) is 5.10 Å². The number of aliphatic carboxylic acids is 1. The molecule has 0 radical (unpaired) electrons. The van der Waals surface area contributed by atoms with Crippen LogP contribution in [0.2, 0.25) is 0 Å². The van der Waals surface area contributed by atoms with Crippen LogP contribution in [0.1, 0.15) is 5.69 Å². The quantitative estimate of drug-likeness (QED) is 0.803. The molecule has 23 heavy (non-hydrogen) atoms. The Labute approximate surface area is 132 Å². The van der Waals surface area contributed by atoms with Gasteiger partial charge < -0.3 is 5.11 Å². The molecule has 2 heterocycles. The molecule has 0 bridgehead atoms. The largest absolute Gasteiger partial charge is 0.480 e. The Morgan fingerprint density at radius 3 is 2.39 bits per heavy atom. The van der Waals surface area contributed by atoms with E-state index in [4.69, 9.17) is 5.11 Å². The first kappa shape index (κ1) is 14.9. The molecule has 0 amide bonds. The van der Waals surface area contributed by atoms with Crippen LogP contribution in [0.4, 0.5) is 4.39 Å². The van der Waals surface area contributed by atoms with Crippen LogP contribution >= 0.6 is 0 Å². The molecule has 1 N–H and O–H groups in total. The molecule has 1 aromatic carbocycles. The third-order valence-corrected chi connectivity index (χ3v) is 3.58. The molecule has 3 aromatic rings. The van der Waals surface area contributed by atoms with E-state index in [9.17, 15) is 9.18 Å². The van der Waals surface area contributed by atoms with Crippen molar-refractivity contribution in [3.05, 3.63) is 60.3 Å². The van der Waals surface area contributed by atoms with Gasteiger partial charge in [0.15, 0.2) is 0 Å². The van der Waals surface area contributed by atoms with Crippen molar-refractivity contribution in [1.82, 2.24) is 14.8 Å². The number of rotatable bonds is 4. The van der Waals surface area contributed by atoms with E-state index in [0.717, 1.165) is 22.4 Å². The first-order valence-electron chi connectivity index (χ1n) is 7.02. The summed E-state index contributed by atoms with van der Waals surface area (Å²) < 4.78 is 14.6. The van der Waals surface area contributed by atoms with Crippen LogP contribution in [0.15, 0.2) is 48.8 Å². The summed E-state index contributed by atoms with van der Waals surface area (Å²) in [5, 5.41) is 13.5. The Balaban J connectivity index is 2.21. The SMILES string of the molecule is Cc1c(-c2ccncc2)c(-c2ccc(F)cc2)nn1CC(=O)O. The fourth-order valence-electron chi connectivity index (χ4n) is 2.50. The monoisotopic (exact) mass is 311 g/mol. The van der Waals surface area contributed by atoms with Crippen LogP contribution in [0, 0.1) is 12.7 Å². The van der Waals surface area contributed by atoms with Gasteiger partial charge in [0.2, 0.25) is 0 Å². The Hall–Kier alpha value is -3.02. The Morgan fingerprint density at radius 1 is 1.13 bits per heavy atom. The van der Waals surface area contributed by atoms with E-state index in [-0.39, 0.29) is 12.4 Å². The molecule has 0 aliphatic carbocycles. The molecule has 116 valence electrons. The fraction of sp³-hybridized carbons (Fsp3) is 0.118. The number of carboxylic acids is 1. The van der Waals surface area contributed by atoms with Crippen LogP contribution < -0.4 is 0 Å². The van der Waals surface area contributed by atoms with Gasteiger partial charge in [-0.05, 0) is 48.9 Å². The number of nitrogens with zero attached hydrogens (tertiary/aromatic N) is 3. The van der Waals surface area contributed by atoms with Crippen molar-refractivity contribution in [3.8, 4) is 22.4 Å². The number of hydrogen-bond donors (Lipinski definition) is 1. The standard InChI is InChI=1S/C17H14FN3O2/c1-11-16(12-6-8-19-9-7-12)17(20-21(11)10-15(22)23)13-2-4-14(18)5-3-13/h2-9H,10H2,1H3,(H,22,23). The highest BCUT2D eigenvalue weighted by Gasteiger charge is 2.19. The number of halogens is 1. The molecule has 0 saturated heterocycles. The van der Waals surface area contributed by atoms with E-state index in [1.807, 2.05) is 19.1 Å². The highest BCUT2D eigenvalue weighted by Crippen LogP contribution is 2.34. The fourth-order valence-corrected chi connectivity index (χ4v) is 2.50. The van der Waals surface area contributed by atoms with Crippen molar-refractivity contribution in [1.29, 1.82) is 0 Å². The van der Waals surface area contributed by atoms with Gasteiger partial charge in [-0.1, -0.05) is 0 Å². The van der Waals surface area contributed by atoms with Crippen molar-refractivity contribution in [2.24, 2.45) is 0 Å². The number of pyridine rings is 1. The third-order valence-electron chi connectivity index (χ3n) is 3.58. The normalized spacial score (nSPS) is 10.7. The van der Waals surface area contributed by atoms with Crippen molar-refractivity contribution in [2.75, 3.05) is 0 Å². The maximum Gasteiger partial charge on any atom is 0.325 e. The van der Waals surface area contributed by atoms with E-state index in [1.54, 1.807) is 24.5 Å². The van der Waals surface area contributed by atoms with E-state index >= 15 is 0 Å². The van der Waals surface area contributed by atoms with Gasteiger partial charge in [0.05, 0.1) is 0 Å². The van der Waals surface area contributed by atoms with Crippen molar-refractivity contribution in [2.45, 2.75) is 13.5 Å². The number of benzene rings is 1. The van der Waals surface area contributed by atoms with E-state index in [0.29, 0.717) is 5.69 Å². The molecule has 3 rings (SSSR count). The van der Waals surface area contributed by atoms with Gasteiger partial charge in [-0.15, -0.1) is 0 Å². The molecule has 6 heteroatoms. The van der Waals surface area contributed by atoms with Crippen LogP contribution in [-0.4, -0.2) is 25.8 Å². The topological polar surface area (TPSA) is 68.0 Å². The zero-order valence-corrected chi connectivity index (χ0v) is 12.4. The van der Waals surface area contributed by atoms with E-state index in [1.165, 1.54) is 16.8 Å². The number of carbonyl (C=O) groups is 1. The lowest BCUT2D eigenvalue weighted by molar-refractivity contribution is -0.137. The lowest BCUT2D eigenvalue weighted by atomic mass is 10.0. The van der Waals surface area contributed by atoms with E-state index < -0.39 is 5.97 Å². The molecule has 0 unspecified atom stereocenters. The Bertz CT molecular complexity index is 842.